The molecule has 4 rings (SSSR count). The lowest BCUT2D eigenvalue weighted by Crippen LogP contribution is -1.73. The van der Waals surface area contributed by atoms with E-state index in [1.165, 1.54) is 0 Å². The Morgan fingerprint density at radius 3 is 1.50 bits per heavy atom. The average Bonchev–Trinajstić information content (AvgIpc) is 2.69. The van der Waals surface area contributed by atoms with Crippen molar-refractivity contribution < 1.29 is 0 Å². The molecule has 0 unspecified atom stereocenters. The van der Waals surface area contributed by atoms with Gasteiger partial charge in [0.25, 0.3) is 0 Å². The van der Waals surface area contributed by atoms with Gasteiger partial charge in [-0.25, -0.2) is 0 Å². The molecule has 2 heterocycles. The highest BCUT2D eigenvalue weighted by atomic mass is 32.1. The van der Waals surface area contributed by atoms with Crippen LogP contribution >= 0.6 is 24.4 Å². The number of pyridine rings is 2. The van der Waals surface area contributed by atoms with Crippen molar-refractivity contribution in [3.63, 3.8) is 0 Å². The Kier molecular flexibility index (Phi) is 5.99. The van der Waals surface area contributed by atoms with E-state index in [1.54, 1.807) is 12.4 Å². The van der Waals surface area contributed by atoms with Gasteiger partial charge in [0.15, 0.2) is 0 Å². The minimum atomic E-state index is 0.828. The maximum Gasteiger partial charge on any atom is 0.0745 e. The number of hydrogen-bond donors (Lipinski definition) is 0. The van der Waals surface area contributed by atoms with E-state index in [-0.39, 0.29) is 0 Å². The van der Waals surface area contributed by atoms with Crippen molar-refractivity contribution in [1.82, 2.24) is 9.97 Å². The van der Waals surface area contributed by atoms with Gasteiger partial charge >= 0.3 is 0 Å². The second-order valence-electron chi connectivity index (χ2n) is 5.22. The Hall–Kier alpha value is -3.14. The summed E-state index contributed by atoms with van der Waals surface area (Å²) < 4.78 is 0. The van der Waals surface area contributed by atoms with E-state index in [0.29, 0.717) is 0 Å². The molecule has 26 heavy (non-hydrogen) atoms. The third kappa shape index (κ3) is 4.48. The van der Waals surface area contributed by atoms with Gasteiger partial charge in [-0.05, 0) is 71.6 Å². The highest BCUT2D eigenvalue weighted by Crippen LogP contribution is 2.20. The number of benzene rings is 2. The molecule has 0 aliphatic carbocycles. The number of fused-ring (bicyclic) bond motifs is 2. The van der Waals surface area contributed by atoms with E-state index < -0.39 is 0 Å². The molecule has 124 valence electrons. The summed E-state index contributed by atoms with van der Waals surface area (Å²) in [5.74, 6) is 0. The Labute approximate surface area is 161 Å². The maximum absolute atomic E-state index is 4.53. The number of nitrogens with zero attached hydrogens (tertiary/aromatic N) is 4. The van der Waals surface area contributed by atoms with Crippen LogP contribution in [0.2, 0.25) is 0 Å². The topological polar surface area (TPSA) is 50.5 Å². The van der Waals surface area contributed by atoms with Crippen LogP contribution in [-0.4, -0.2) is 20.3 Å². The summed E-state index contributed by atoms with van der Waals surface area (Å²) in [5, 5.41) is 9.11. The Morgan fingerprint density at radius 2 is 1.08 bits per heavy atom. The third-order valence-corrected chi connectivity index (χ3v) is 3.78. The highest BCUT2D eigenvalue weighted by molar-refractivity contribution is 7.78. The van der Waals surface area contributed by atoms with Gasteiger partial charge in [0.2, 0.25) is 0 Å². The minimum Gasteiger partial charge on any atom is -0.264 e. The van der Waals surface area contributed by atoms with Crippen LogP contribution in [0.3, 0.4) is 0 Å². The maximum atomic E-state index is 4.53. The second-order valence-corrected chi connectivity index (χ2v) is 5.59. The van der Waals surface area contributed by atoms with Gasteiger partial charge in [0.05, 0.1) is 21.7 Å². The van der Waals surface area contributed by atoms with E-state index in [1.807, 2.05) is 60.9 Å². The van der Waals surface area contributed by atoms with Crippen molar-refractivity contribution in [3.8, 4) is 0 Å². The summed E-state index contributed by atoms with van der Waals surface area (Å²) in [5.41, 5.74) is 1.66. The summed E-state index contributed by atoms with van der Waals surface area (Å²) in [6.07, 6.45) is 7.15. The quantitative estimate of drug-likeness (QED) is 0.323. The van der Waals surface area contributed by atoms with E-state index >= 15 is 0 Å². The SMILES string of the molecule is S=C=Nc1ccc2cnccc2c1.S=C=Nc1ccc2cnccc2c1. The van der Waals surface area contributed by atoms with Crippen molar-refractivity contribution in [3.05, 3.63) is 73.3 Å². The fourth-order valence-electron chi connectivity index (χ4n) is 2.39. The molecule has 0 N–H and O–H groups in total. The number of aromatic nitrogens is 2. The standard InChI is InChI=1S/2C10H6N2S/c2*13-7-12-10-2-1-9-6-11-4-3-8(9)5-10/h2*1-6H. The normalized spacial score (nSPS) is 9.54. The van der Waals surface area contributed by atoms with Gasteiger partial charge in [-0.2, -0.15) is 9.98 Å². The smallest absolute Gasteiger partial charge is 0.0745 e. The van der Waals surface area contributed by atoms with Crippen molar-refractivity contribution in [2.24, 2.45) is 9.98 Å². The molecule has 0 aliphatic heterocycles. The Bertz CT molecular complexity index is 1070. The van der Waals surface area contributed by atoms with Crippen LogP contribution in [0.1, 0.15) is 0 Å². The first-order valence-corrected chi connectivity index (χ1v) is 8.45. The second kappa shape index (κ2) is 8.81. The van der Waals surface area contributed by atoms with Gasteiger partial charge in [0.1, 0.15) is 0 Å². The third-order valence-electron chi connectivity index (χ3n) is 3.60. The number of rotatable bonds is 2. The minimum absolute atomic E-state index is 0.828. The van der Waals surface area contributed by atoms with Crippen LogP contribution in [0, 0.1) is 0 Å². The zero-order valence-electron chi connectivity index (χ0n) is 13.5. The molecular weight excluding hydrogens is 360 g/mol. The zero-order valence-corrected chi connectivity index (χ0v) is 15.2. The summed E-state index contributed by atoms with van der Waals surface area (Å²) in [6, 6.07) is 15.5. The van der Waals surface area contributed by atoms with E-state index in [0.717, 1.165) is 32.9 Å². The highest BCUT2D eigenvalue weighted by Gasteiger charge is 1.94. The Balaban J connectivity index is 0.000000151. The molecule has 2 aromatic carbocycles. The summed E-state index contributed by atoms with van der Waals surface area (Å²) in [6.45, 7) is 0. The summed E-state index contributed by atoms with van der Waals surface area (Å²) in [4.78, 5) is 15.8. The van der Waals surface area contributed by atoms with Gasteiger partial charge in [-0.15, -0.1) is 0 Å². The van der Waals surface area contributed by atoms with Crippen LogP contribution in [0.25, 0.3) is 21.5 Å². The van der Waals surface area contributed by atoms with Gasteiger partial charge in [-0.3, -0.25) is 9.97 Å². The molecule has 0 bridgehead atoms. The first kappa shape index (κ1) is 17.7. The van der Waals surface area contributed by atoms with Crippen LogP contribution in [-0.2, 0) is 0 Å². The molecule has 0 saturated carbocycles. The van der Waals surface area contributed by atoms with E-state index in [9.17, 15) is 0 Å². The fourth-order valence-corrected chi connectivity index (χ4v) is 2.60. The number of aliphatic imine (C=N–C) groups is 2. The Morgan fingerprint density at radius 1 is 0.615 bits per heavy atom. The lowest BCUT2D eigenvalue weighted by atomic mass is 10.1. The average molecular weight is 372 g/mol. The molecule has 0 spiro atoms. The predicted octanol–water partition coefficient (Wildman–Crippen LogP) is 5.94. The lowest BCUT2D eigenvalue weighted by molar-refractivity contribution is 1.36. The van der Waals surface area contributed by atoms with Gasteiger partial charge < -0.3 is 0 Å². The van der Waals surface area contributed by atoms with Crippen LogP contribution in [0.4, 0.5) is 11.4 Å². The molecule has 6 heteroatoms. The van der Waals surface area contributed by atoms with Crippen LogP contribution < -0.4 is 0 Å². The molecule has 0 amide bonds. The number of hydrogen-bond acceptors (Lipinski definition) is 6. The largest absolute Gasteiger partial charge is 0.264 e. The molecule has 0 saturated heterocycles. The summed E-state index contributed by atoms with van der Waals surface area (Å²) >= 11 is 9.06. The molecule has 4 aromatic rings. The first-order chi connectivity index (χ1) is 12.8. The monoisotopic (exact) mass is 372 g/mol. The number of thiocarbonyl (C=S) groups is 2. The van der Waals surface area contributed by atoms with Crippen molar-refractivity contribution >= 4 is 67.7 Å². The molecule has 0 fully saturated rings. The number of isothiocyanates is 2. The molecule has 4 nitrogen and oxygen atoms in total. The first-order valence-electron chi connectivity index (χ1n) is 7.63. The van der Waals surface area contributed by atoms with Crippen molar-refractivity contribution in [2.45, 2.75) is 0 Å². The lowest BCUT2D eigenvalue weighted by Gasteiger charge is -1.96. The van der Waals surface area contributed by atoms with Crippen LogP contribution in [0.15, 0.2) is 83.3 Å². The van der Waals surface area contributed by atoms with Crippen molar-refractivity contribution in [2.75, 3.05) is 0 Å². The van der Waals surface area contributed by atoms with Gasteiger partial charge in [-0.1, -0.05) is 12.1 Å². The molecule has 0 radical (unpaired) electrons. The molecular formula is C20H12N4S2. The van der Waals surface area contributed by atoms with Gasteiger partial charge in [0, 0.05) is 35.6 Å². The summed E-state index contributed by atoms with van der Waals surface area (Å²) in [7, 11) is 0. The molecule has 0 atom stereocenters. The fraction of sp³-hybridized carbons (Fsp3) is 0. The van der Waals surface area contributed by atoms with E-state index in [4.69, 9.17) is 0 Å². The van der Waals surface area contributed by atoms with E-state index in [2.05, 4.69) is 54.7 Å². The van der Waals surface area contributed by atoms with Crippen LogP contribution in [0.5, 0.6) is 0 Å². The molecule has 2 aromatic heterocycles. The van der Waals surface area contributed by atoms with Crippen molar-refractivity contribution in [1.29, 1.82) is 0 Å². The predicted molar refractivity (Wildman–Crippen MR) is 113 cm³/mol. The molecule has 0 aliphatic rings. The zero-order chi connectivity index (χ0) is 18.2.